The van der Waals surface area contributed by atoms with Crippen LogP contribution >= 0.6 is 0 Å². The second kappa shape index (κ2) is 6.42. The van der Waals surface area contributed by atoms with Crippen LogP contribution in [-0.2, 0) is 6.54 Å². The number of anilines is 1. The van der Waals surface area contributed by atoms with Crippen LogP contribution < -0.4 is 5.32 Å². The molecule has 94 valence electrons. The summed E-state index contributed by atoms with van der Waals surface area (Å²) in [6.45, 7) is 4.17. The number of aromatic nitrogens is 2. The zero-order valence-corrected chi connectivity index (χ0v) is 10.7. The number of nitrogens with zero attached hydrogens (tertiary/aromatic N) is 3. The van der Waals surface area contributed by atoms with Crippen molar-refractivity contribution in [1.82, 2.24) is 9.78 Å². The van der Waals surface area contributed by atoms with Crippen molar-refractivity contribution in [1.29, 1.82) is 0 Å². The van der Waals surface area contributed by atoms with Gasteiger partial charge in [-0.1, -0.05) is 19.8 Å². The van der Waals surface area contributed by atoms with Crippen LogP contribution in [0, 0.1) is 0 Å². The average molecular weight is 234 g/mol. The highest BCUT2D eigenvalue weighted by molar-refractivity contribution is 5.95. The highest BCUT2D eigenvalue weighted by atomic mass is 15.3. The van der Waals surface area contributed by atoms with Crippen molar-refractivity contribution in [3.8, 4) is 0 Å². The van der Waals surface area contributed by atoms with E-state index in [-0.39, 0.29) is 0 Å². The number of amidine groups is 1. The number of unbranched alkanes of at least 4 members (excludes halogenated alkanes) is 1. The summed E-state index contributed by atoms with van der Waals surface area (Å²) in [5, 5.41) is 7.73. The van der Waals surface area contributed by atoms with Crippen molar-refractivity contribution in [2.45, 2.75) is 52.0 Å². The van der Waals surface area contributed by atoms with Gasteiger partial charge in [0.25, 0.3) is 0 Å². The minimum absolute atomic E-state index is 0.965. The first-order valence-corrected chi connectivity index (χ1v) is 6.71. The van der Waals surface area contributed by atoms with Gasteiger partial charge in [0, 0.05) is 25.7 Å². The summed E-state index contributed by atoms with van der Waals surface area (Å²) >= 11 is 0. The lowest BCUT2D eigenvalue weighted by molar-refractivity contribution is 0.572. The largest absolute Gasteiger partial charge is 0.342 e. The van der Waals surface area contributed by atoms with Crippen LogP contribution in [0.3, 0.4) is 0 Å². The lowest BCUT2D eigenvalue weighted by atomic mass is 10.2. The monoisotopic (exact) mass is 234 g/mol. The summed E-state index contributed by atoms with van der Waals surface area (Å²) in [5.74, 6) is 1.12. The molecule has 0 atom stereocenters. The summed E-state index contributed by atoms with van der Waals surface area (Å²) < 4.78 is 2.00. The minimum atomic E-state index is 0.965. The van der Waals surface area contributed by atoms with Crippen LogP contribution in [0.5, 0.6) is 0 Å². The zero-order chi connectivity index (χ0) is 11.9. The lowest BCUT2D eigenvalue weighted by Gasteiger charge is -2.05. The van der Waals surface area contributed by atoms with E-state index in [9.17, 15) is 0 Å². The van der Waals surface area contributed by atoms with E-state index in [1.54, 1.807) is 0 Å². The molecule has 0 saturated carbocycles. The summed E-state index contributed by atoms with van der Waals surface area (Å²) in [5.41, 5.74) is 1.07. The van der Waals surface area contributed by atoms with E-state index in [0.29, 0.717) is 0 Å². The number of aliphatic imine (C=N–C) groups is 1. The molecule has 1 aromatic heterocycles. The number of aryl methyl sites for hydroxylation is 1. The molecule has 0 spiro atoms. The van der Waals surface area contributed by atoms with Gasteiger partial charge in [-0.25, -0.2) is 0 Å². The average Bonchev–Trinajstić information content (AvgIpc) is 2.61. The van der Waals surface area contributed by atoms with Gasteiger partial charge in [0.15, 0.2) is 0 Å². The third kappa shape index (κ3) is 3.88. The maximum atomic E-state index is 4.56. The molecule has 0 saturated heterocycles. The quantitative estimate of drug-likeness (QED) is 0.870. The van der Waals surface area contributed by atoms with Crippen molar-refractivity contribution in [3.63, 3.8) is 0 Å². The fourth-order valence-electron chi connectivity index (χ4n) is 2.01. The molecule has 4 heteroatoms. The Balaban J connectivity index is 1.89. The van der Waals surface area contributed by atoms with E-state index in [1.807, 2.05) is 10.9 Å². The molecular formula is C13H22N4. The van der Waals surface area contributed by atoms with Crippen molar-refractivity contribution in [3.05, 3.63) is 12.4 Å². The minimum Gasteiger partial charge on any atom is -0.342 e. The summed E-state index contributed by atoms with van der Waals surface area (Å²) in [4.78, 5) is 4.56. The fourth-order valence-corrected chi connectivity index (χ4v) is 2.01. The summed E-state index contributed by atoms with van der Waals surface area (Å²) in [6.07, 6.45) is 11.2. The Morgan fingerprint density at radius 1 is 1.35 bits per heavy atom. The van der Waals surface area contributed by atoms with Crippen molar-refractivity contribution < 1.29 is 0 Å². The van der Waals surface area contributed by atoms with Gasteiger partial charge in [0.1, 0.15) is 5.84 Å². The van der Waals surface area contributed by atoms with Gasteiger partial charge in [0.05, 0.1) is 11.9 Å². The second-order valence-electron chi connectivity index (χ2n) is 4.61. The van der Waals surface area contributed by atoms with Gasteiger partial charge < -0.3 is 5.32 Å². The highest BCUT2D eigenvalue weighted by Crippen LogP contribution is 2.11. The molecule has 2 rings (SSSR count). The van der Waals surface area contributed by atoms with Crippen molar-refractivity contribution in [2.24, 2.45) is 4.99 Å². The van der Waals surface area contributed by atoms with Gasteiger partial charge in [-0.3, -0.25) is 9.67 Å². The molecular weight excluding hydrogens is 212 g/mol. The molecule has 1 aliphatic heterocycles. The fraction of sp³-hybridized carbons (Fsp3) is 0.692. The summed E-state index contributed by atoms with van der Waals surface area (Å²) in [6, 6.07) is 0. The van der Waals surface area contributed by atoms with E-state index >= 15 is 0 Å². The Morgan fingerprint density at radius 3 is 3.18 bits per heavy atom. The summed E-state index contributed by atoms with van der Waals surface area (Å²) in [7, 11) is 0. The molecule has 0 aliphatic carbocycles. The van der Waals surface area contributed by atoms with Gasteiger partial charge >= 0.3 is 0 Å². The Kier molecular flexibility index (Phi) is 4.59. The van der Waals surface area contributed by atoms with Gasteiger partial charge in [-0.15, -0.1) is 0 Å². The smallest absolute Gasteiger partial charge is 0.101 e. The SMILES string of the molecule is CCCCn1cc(NC2=NCCCCC2)cn1. The third-order valence-electron chi connectivity index (χ3n) is 3.04. The molecule has 0 unspecified atom stereocenters. The van der Waals surface area contributed by atoms with E-state index in [0.717, 1.165) is 31.0 Å². The van der Waals surface area contributed by atoms with E-state index < -0.39 is 0 Å². The Morgan fingerprint density at radius 2 is 2.29 bits per heavy atom. The molecule has 1 aliphatic rings. The predicted molar refractivity (Wildman–Crippen MR) is 71.5 cm³/mol. The van der Waals surface area contributed by atoms with Crippen molar-refractivity contribution in [2.75, 3.05) is 11.9 Å². The molecule has 17 heavy (non-hydrogen) atoms. The Hall–Kier alpha value is -1.32. The standard InChI is InChI=1S/C13H22N4/c1-2-3-9-17-11-12(10-15-17)16-13-7-5-4-6-8-14-13/h10-11H,2-9H2,1H3,(H,14,16). The number of hydrogen-bond acceptors (Lipinski definition) is 3. The first-order chi connectivity index (χ1) is 8.38. The van der Waals surface area contributed by atoms with E-state index in [2.05, 4.69) is 28.5 Å². The molecule has 0 radical (unpaired) electrons. The molecule has 1 aromatic rings. The normalized spacial score (nSPS) is 16.4. The van der Waals surface area contributed by atoms with Gasteiger partial charge in [-0.05, 0) is 19.3 Å². The first kappa shape index (κ1) is 12.1. The zero-order valence-electron chi connectivity index (χ0n) is 10.7. The second-order valence-corrected chi connectivity index (χ2v) is 4.61. The molecule has 2 heterocycles. The molecule has 0 amide bonds. The van der Waals surface area contributed by atoms with Gasteiger partial charge in [-0.2, -0.15) is 5.10 Å². The molecule has 0 bridgehead atoms. The maximum absolute atomic E-state index is 4.56. The van der Waals surface area contributed by atoms with Crippen molar-refractivity contribution >= 4 is 11.5 Å². The van der Waals surface area contributed by atoms with Crippen LogP contribution in [0.15, 0.2) is 17.4 Å². The highest BCUT2D eigenvalue weighted by Gasteiger charge is 2.05. The van der Waals surface area contributed by atoms with Crippen LogP contribution in [0.2, 0.25) is 0 Å². The molecule has 4 nitrogen and oxygen atoms in total. The predicted octanol–water partition coefficient (Wildman–Crippen LogP) is 3.07. The number of hydrogen-bond donors (Lipinski definition) is 1. The first-order valence-electron chi connectivity index (χ1n) is 6.71. The maximum Gasteiger partial charge on any atom is 0.101 e. The number of rotatable bonds is 4. The third-order valence-corrected chi connectivity index (χ3v) is 3.04. The van der Waals surface area contributed by atoms with Gasteiger partial charge in [0.2, 0.25) is 0 Å². The molecule has 1 N–H and O–H groups in total. The van der Waals surface area contributed by atoms with Crippen LogP contribution in [0.25, 0.3) is 0 Å². The van der Waals surface area contributed by atoms with Crippen LogP contribution in [0.1, 0.15) is 45.4 Å². The topological polar surface area (TPSA) is 42.2 Å². The number of nitrogens with one attached hydrogen (secondary N) is 1. The van der Waals surface area contributed by atoms with Crippen LogP contribution in [-0.4, -0.2) is 22.2 Å². The van der Waals surface area contributed by atoms with E-state index in [1.165, 1.54) is 32.1 Å². The Bertz CT molecular complexity index is 367. The lowest BCUT2D eigenvalue weighted by Crippen LogP contribution is -2.10. The Labute approximate surface area is 103 Å². The van der Waals surface area contributed by atoms with Crippen LogP contribution in [0.4, 0.5) is 5.69 Å². The molecule has 0 fully saturated rings. The molecule has 0 aromatic carbocycles. The van der Waals surface area contributed by atoms with E-state index in [4.69, 9.17) is 0 Å².